The van der Waals surface area contributed by atoms with E-state index in [-0.39, 0.29) is 10.8 Å². The van der Waals surface area contributed by atoms with E-state index in [1.807, 2.05) is 0 Å². The lowest BCUT2D eigenvalue weighted by molar-refractivity contribution is 0.101. The summed E-state index contributed by atoms with van der Waals surface area (Å²) >= 11 is 0. The van der Waals surface area contributed by atoms with E-state index in [1.54, 1.807) is 30.0 Å². The molecule has 8 heteroatoms. The molecule has 1 aromatic carbocycles. The topological polar surface area (TPSA) is 107 Å². The zero-order chi connectivity index (χ0) is 15.9. The van der Waals surface area contributed by atoms with Gasteiger partial charge in [0.2, 0.25) is 10.0 Å². The average Bonchev–Trinajstić information content (AvgIpc) is 3.02. The van der Waals surface area contributed by atoms with Crippen LogP contribution in [-0.2, 0) is 17.1 Å². The molecule has 0 spiro atoms. The van der Waals surface area contributed by atoms with Crippen molar-refractivity contribution >= 4 is 32.7 Å². The number of benzene rings is 1. The minimum atomic E-state index is -3.75. The Labute approximate surface area is 126 Å². The lowest BCUT2D eigenvalue weighted by atomic mass is 10.3. The van der Waals surface area contributed by atoms with Crippen molar-refractivity contribution in [3.8, 4) is 0 Å². The summed E-state index contributed by atoms with van der Waals surface area (Å²) in [5, 5.41) is 7.71. The maximum atomic E-state index is 12.3. The van der Waals surface area contributed by atoms with Crippen LogP contribution >= 0.6 is 0 Å². The molecule has 2 heterocycles. The number of carbonyl (C=O) groups excluding carboxylic acids is 1. The molecular formula is C14H13N3O4S. The van der Waals surface area contributed by atoms with Crippen LogP contribution in [0.25, 0.3) is 11.1 Å². The first-order valence-corrected chi connectivity index (χ1v) is 7.88. The fraction of sp³-hybridized carbons (Fsp3) is 0.0714. The second-order valence-corrected chi connectivity index (χ2v) is 6.34. The van der Waals surface area contributed by atoms with Crippen molar-refractivity contribution in [1.29, 1.82) is 0 Å². The van der Waals surface area contributed by atoms with Gasteiger partial charge in [-0.3, -0.25) is 4.79 Å². The third-order valence-corrected chi connectivity index (χ3v) is 4.27. The number of sulfonamides is 1. The number of aryl methyl sites for hydroxylation is 1. The number of amides is 1. The summed E-state index contributed by atoms with van der Waals surface area (Å²) in [4.78, 5) is 12.3. The Bertz CT molecular complexity index is 952. The van der Waals surface area contributed by atoms with Gasteiger partial charge in [-0.25, -0.2) is 13.6 Å². The molecule has 7 nitrogen and oxygen atoms in total. The first kappa shape index (κ1) is 14.4. The summed E-state index contributed by atoms with van der Waals surface area (Å²) in [6.07, 6.45) is 1.55. The molecule has 1 amide bonds. The van der Waals surface area contributed by atoms with Crippen molar-refractivity contribution in [3.05, 3.63) is 48.4 Å². The Kier molecular flexibility index (Phi) is 3.27. The van der Waals surface area contributed by atoms with Crippen LogP contribution in [0.1, 0.15) is 10.5 Å². The number of fused-ring (bicyclic) bond motifs is 1. The molecule has 0 saturated carbocycles. The lowest BCUT2D eigenvalue weighted by Gasteiger charge is -2.07. The number of nitrogens with one attached hydrogen (secondary N) is 1. The highest BCUT2D eigenvalue weighted by atomic mass is 32.2. The highest BCUT2D eigenvalue weighted by Gasteiger charge is 2.15. The minimum Gasteiger partial charge on any atom is -0.463 e. The summed E-state index contributed by atoms with van der Waals surface area (Å²) in [5.41, 5.74) is 2.34. The van der Waals surface area contributed by atoms with Crippen LogP contribution in [0.5, 0.6) is 0 Å². The fourth-order valence-corrected chi connectivity index (χ4v) is 2.71. The maximum absolute atomic E-state index is 12.3. The number of aromatic nitrogens is 1. The predicted molar refractivity (Wildman–Crippen MR) is 81.0 cm³/mol. The second kappa shape index (κ2) is 5.00. The van der Waals surface area contributed by atoms with Crippen LogP contribution < -0.4 is 10.5 Å². The Morgan fingerprint density at radius 3 is 2.50 bits per heavy atom. The third kappa shape index (κ3) is 2.49. The first-order chi connectivity index (χ1) is 10.4. The molecule has 0 atom stereocenters. The van der Waals surface area contributed by atoms with E-state index in [0.29, 0.717) is 17.0 Å². The van der Waals surface area contributed by atoms with Gasteiger partial charge in [-0.05, 0) is 24.3 Å². The van der Waals surface area contributed by atoms with Crippen LogP contribution in [0.3, 0.4) is 0 Å². The highest BCUT2D eigenvalue weighted by molar-refractivity contribution is 7.89. The fourth-order valence-electron chi connectivity index (χ4n) is 2.19. The molecule has 0 saturated heterocycles. The van der Waals surface area contributed by atoms with Crippen molar-refractivity contribution in [2.45, 2.75) is 4.90 Å². The molecule has 22 heavy (non-hydrogen) atoms. The van der Waals surface area contributed by atoms with Crippen LogP contribution in [0.15, 0.2) is 52.0 Å². The number of nitrogens with two attached hydrogens (primary N) is 1. The van der Waals surface area contributed by atoms with E-state index in [9.17, 15) is 13.2 Å². The third-order valence-electron chi connectivity index (χ3n) is 3.34. The van der Waals surface area contributed by atoms with Gasteiger partial charge in [-0.15, -0.1) is 0 Å². The van der Waals surface area contributed by atoms with Gasteiger partial charge in [0.25, 0.3) is 5.91 Å². The van der Waals surface area contributed by atoms with E-state index in [1.165, 1.54) is 24.3 Å². The molecule has 114 valence electrons. The van der Waals surface area contributed by atoms with Crippen LogP contribution in [-0.4, -0.2) is 18.9 Å². The summed E-state index contributed by atoms with van der Waals surface area (Å²) in [5.74, 6) is -0.322. The van der Waals surface area contributed by atoms with Gasteiger partial charge in [-0.1, -0.05) is 0 Å². The van der Waals surface area contributed by atoms with Crippen molar-refractivity contribution in [3.63, 3.8) is 0 Å². The van der Waals surface area contributed by atoms with Crippen molar-refractivity contribution in [1.82, 2.24) is 4.57 Å². The monoisotopic (exact) mass is 319 g/mol. The number of anilines is 1. The van der Waals surface area contributed by atoms with Crippen LogP contribution in [0.4, 0.5) is 5.69 Å². The molecule has 0 unspecified atom stereocenters. The molecular weight excluding hydrogens is 306 g/mol. The van der Waals surface area contributed by atoms with E-state index in [4.69, 9.17) is 9.56 Å². The summed E-state index contributed by atoms with van der Waals surface area (Å²) < 4.78 is 29.3. The Morgan fingerprint density at radius 2 is 1.91 bits per heavy atom. The Balaban J connectivity index is 1.85. The van der Waals surface area contributed by atoms with Gasteiger partial charge >= 0.3 is 0 Å². The quantitative estimate of drug-likeness (QED) is 0.765. The second-order valence-electron chi connectivity index (χ2n) is 4.78. The Hall–Kier alpha value is -2.58. The van der Waals surface area contributed by atoms with E-state index >= 15 is 0 Å². The van der Waals surface area contributed by atoms with Gasteiger partial charge in [-0.2, -0.15) is 0 Å². The molecule has 0 bridgehead atoms. The van der Waals surface area contributed by atoms with Gasteiger partial charge in [0.05, 0.1) is 16.7 Å². The molecule has 2 aromatic heterocycles. The first-order valence-electron chi connectivity index (χ1n) is 6.33. The molecule has 0 aliphatic rings. The maximum Gasteiger partial charge on any atom is 0.272 e. The largest absolute Gasteiger partial charge is 0.463 e. The molecule has 0 radical (unpaired) electrons. The van der Waals surface area contributed by atoms with Gasteiger partial charge in [0, 0.05) is 24.9 Å². The summed E-state index contributed by atoms with van der Waals surface area (Å²) in [7, 11) is -1.99. The molecule has 3 N–H and O–H groups in total. The van der Waals surface area contributed by atoms with E-state index < -0.39 is 10.0 Å². The molecule has 3 rings (SSSR count). The summed E-state index contributed by atoms with van der Waals surface area (Å²) in [6, 6.07) is 9.04. The van der Waals surface area contributed by atoms with Crippen LogP contribution in [0.2, 0.25) is 0 Å². The van der Waals surface area contributed by atoms with Gasteiger partial charge in [0.1, 0.15) is 5.69 Å². The van der Waals surface area contributed by atoms with Gasteiger partial charge in [0.15, 0.2) is 5.58 Å². The minimum absolute atomic E-state index is 0.0121. The standard InChI is InChI=1S/C14H13N3O4S/c1-17-11-6-7-21-13(11)8-12(17)14(18)16-9-2-4-10(5-3-9)22(15,19)20/h2-8H,1H3,(H,16,18)(H2,15,19,20). The Morgan fingerprint density at radius 1 is 1.23 bits per heavy atom. The average molecular weight is 319 g/mol. The number of rotatable bonds is 3. The SMILES string of the molecule is Cn1c(C(=O)Nc2ccc(S(N)(=O)=O)cc2)cc2occc21. The van der Waals surface area contributed by atoms with Crippen molar-refractivity contribution in [2.24, 2.45) is 12.2 Å². The summed E-state index contributed by atoms with van der Waals surface area (Å²) in [6.45, 7) is 0. The van der Waals surface area contributed by atoms with Crippen molar-refractivity contribution < 1.29 is 17.6 Å². The molecule has 0 aliphatic heterocycles. The van der Waals surface area contributed by atoms with E-state index in [2.05, 4.69) is 5.32 Å². The number of nitrogens with zero attached hydrogens (tertiary/aromatic N) is 1. The number of furan rings is 1. The molecule has 0 fully saturated rings. The van der Waals surface area contributed by atoms with Crippen molar-refractivity contribution in [2.75, 3.05) is 5.32 Å². The molecule has 3 aromatic rings. The zero-order valence-electron chi connectivity index (χ0n) is 11.6. The number of carbonyl (C=O) groups is 1. The van der Waals surface area contributed by atoms with Crippen LogP contribution in [0, 0.1) is 0 Å². The van der Waals surface area contributed by atoms with E-state index in [0.717, 1.165) is 5.52 Å². The lowest BCUT2D eigenvalue weighted by Crippen LogP contribution is -2.16. The van der Waals surface area contributed by atoms with Gasteiger partial charge < -0.3 is 14.3 Å². The zero-order valence-corrected chi connectivity index (χ0v) is 12.4. The number of hydrogen-bond acceptors (Lipinski definition) is 4. The normalized spacial score (nSPS) is 11.7. The highest BCUT2D eigenvalue weighted by Crippen LogP contribution is 2.21. The number of hydrogen-bond donors (Lipinski definition) is 2. The predicted octanol–water partition coefficient (Wildman–Crippen LogP) is 1.67. The molecule has 0 aliphatic carbocycles. The smallest absolute Gasteiger partial charge is 0.272 e. The number of primary sulfonamides is 1.